The number of halogens is 2. The summed E-state index contributed by atoms with van der Waals surface area (Å²) in [7, 11) is 3.00. The first-order valence-electron chi connectivity index (χ1n) is 11.9. The summed E-state index contributed by atoms with van der Waals surface area (Å²) >= 11 is 3.46. The van der Waals surface area contributed by atoms with E-state index in [9.17, 15) is 14.0 Å². The molecule has 0 aliphatic heterocycles. The van der Waals surface area contributed by atoms with E-state index in [1.807, 2.05) is 0 Å². The van der Waals surface area contributed by atoms with E-state index in [1.165, 1.54) is 38.5 Å². The molecule has 1 aliphatic carbocycles. The van der Waals surface area contributed by atoms with E-state index in [-0.39, 0.29) is 11.8 Å². The summed E-state index contributed by atoms with van der Waals surface area (Å²) in [6.07, 6.45) is 2.38. The number of amides is 2. The molecule has 3 heterocycles. The minimum atomic E-state index is -1.20. The van der Waals surface area contributed by atoms with Crippen LogP contribution in [0.4, 0.5) is 15.8 Å². The van der Waals surface area contributed by atoms with Crippen molar-refractivity contribution in [3.05, 3.63) is 64.6 Å². The number of nitrogens with one attached hydrogen (secondary N) is 2. The van der Waals surface area contributed by atoms with Gasteiger partial charge in [0.15, 0.2) is 11.5 Å². The highest BCUT2D eigenvalue weighted by atomic mass is 79.9. The highest BCUT2D eigenvalue weighted by molar-refractivity contribution is 9.10. The fourth-order valence-corrected chi connectivity index (χ4v) is 4.35. The maximum Gasteiger partial charge on any atom is 0.257 e. The number of aryl methyl sites for hydroxylation is 1. The van der Waals surface area contributed by atoms with Crippen molar-refractivity contribution in [3.8, 4) is 23.3 Å². The third-order valence-corrected chi connectivity index (χ3v) is 6.90. The molecule has 10 nitrogen and oxygen atoms in total. The molecule has 0 saturated heterocycles. The second kappa shape index (κ2) is 10.4. The van der Waals surface area contributed by atoms with E-state index in [4.69, 9.17) is 14.2 Å². The summed E-state index contributed by atoms with van der Waals surface area (Å²) in [5.74, 6) is 0.0373. The van der Waals surface area contributed by atoms with Gasteiger partial charge in [-0.1, -0.05) is 0 Å². The van der Waals surface area contributed by atoms with E-state index in [0.29, 0.717) is 56.9 Å². The van der Waals surface area contributed by atoms with E-state index < -0.39 is 23.0 Å². The van der Waals surface area contributed by atoms with Gasteiger partial charge in [0.05, 0.1) is 35.6 Å². The second-order valence-corrected chi connectivity index (χ2v) is 9.74. The van der Waals surface area contributed by atoms with Crippen molar-refractivity contribution in [2.75, 3.05) is 24.9 Å². The monoisotopic (exact) mass is 595 g/mol. The Balaban J connectivity index is 1.35. The molecule has 1 saturated carbocycles. The van der Waals surface area contributed by atoms with Gasteiger partial charge >= 0.3 is 0 Å². The van der Waals surface area contributed by atoms with E-state index in [0.717, 1.165) is 0 Å². The Morgan fingerprint density at radius 1 is 0.949 bits per heavy atom. The van der Waals surface area contributed by atoms with Gasteiger partial charge in [-0.2, -0.15) is 0 Å². The predicted molar refractivity (Wildman–Crippen MR) is 145 cm³/mol. The van der Waals surface area contributed by atoms with Crippen molar-refractivity contribution in [1.82, 2.24) is 15.0 Å². The topological polar surface area (TPSA) is 125 Å². The van der Waals surface area contributed by atoms with Gasteiger partial charge in [0, 0.05) is 24.0 Å². The summed E-state index contributed by atoms with van der Waals surface area (Å²) in [6, 6.07) is 10.4. The van der Waals surface area contributed by atoms with E-state index >= 15 is 0 Å². The molecule has 1 fully saturated rings. The van der Waals surface area contributed by atoms with Crippen molar-refractivity contribution in [2.45, 2.75) is 19.8 Å². The molecule has 200 valence electrons. The minimum Gasteiger partial charge on any atom is -0.491 e. The molecule has 1 aromatic carbocycles. The fraction of sp³-hybridized carbons (Fsp3) is 0.222. The molecule has 2 amide bonds. The zero-order valence-corrected chi connectivity index (χ0v) is 22.8. The lowest BCUT2D eigenvalue weighted by Gasteiger charge is -2.17. The van der Waals surface area contributed by atoms with Crippen LogP contribution in [0.15, 0.2) is 53.1 Å². The molecule has 0 spiro atoms. The number of anilines is 2. The van der Waals surface area contributed by atoms with Crippen LogP contribution < -0.4 is 24.8 Å². The third-order valence-electron chi connectivity index (χ3n) is 6.33. The molecule has 0 bridgehead atoms. The molecule has 12 heteroatoms. The lowest BCUT2D eigenvalue weighted by molar-refractivity contribution is -0.131. The SMILES string of the molecule is COc1cc2nccc(Oc3nc(C)c(NC(=O)C4(C(=O)Nc5ccc(F)cc5)CC4)cc3Br)c2nc1OC. The number of hydrogen-bond donors (Lipinski definition) is 2. The Morgan fingerprint density at radius 2 is 1.67 bits per heavy atom. The Bertz CT molecular complexity index is 1590. The average molecular weight is 596 g/mol. The van der Waals surface area contributed by atoms with Crippen LogP contribution in [-0.2, 0) is 9.59 Å². The normalized spacial score (nSPS) is 13.5. The summed E-state index contributed by atoms with van der Waals surface area (Å²) in [5, 5.41) is 5.51. The minimum absolute atomic E-state index is 0.241. The Morgan fingerprint density at radius 3 is 2.33 bits per heavy atom. The standard InChI is InChI=1S/C27H23BrFN5O5/c1-14-18(33-26(36)27(9-10-27)25(35)32-16-6-4-15(29)5-7-16)12-17(28)23(31-14)39-20-8-11-30-19-13-21(37-2)24(38-3)34-22(19)20/h4-8,11-13H,9-10H2,1-3H3,(H,32,35)(H,33,36). The molecule has 4 aromatic rings. The number of benzene rings is 1. The summed E-state index contributed by atoms with van der Waals surface area (Å²) < 4.78 is 30.3. The molecule has 0 radical (unpaired) electrons. The summed E-state index contributed by atoms with van der Waals surface area (Å²) in [6.45, 7) is 1.71. The molecule has 2 N–H and O–H groups in total. The van der Waals surface area contributed by atoms with Gasteiger partial charge in [-0.3, -0.25) is 14.6 Å². The molecule has 5 rings (SSSR count). The van der Waals surface area contributed by atoms with Crippen LogP contribution in [0, 0.1) is 18.2 Å². The van der Waals surface area contributed by atoms with Crippen LogP contribution in [-0.4, -0.2) is 41.0 Å². The lowest BCUT2D eigenvalue weighted by atomic mass is 10.0. The summed E-state index contributed by atoms with van der Waals surface area (Å²) in [5.41, 5.74) is 1.09. The van der Waals surface area contributed by atoms with Gasteiger partial charge in [0.2, 0.25) is 17.7 Å². The first-order valence-corrected chi connectivity index (χ1v) is 12.6. The highest BCUT2D eigenvalue weighted by Crippen LogP contribution is 2.48. The molecule has 1 aliphatic rings. The number of pyridine rings is 3. The molecule has 39 heavy (non-hydrogen) atoms. The number of nitrogens with zero attached hydrogens (tertiary/aromatic N) is 3. The first kappa shape index (κ1) is 26.3. The van der Waals surface area contributed by atoms with Gasteiger partial charge in [-0.25, -0.2) is 14.4 Å². The molecular formula is C27H23BrFN5O5. The number of rotatable bonds is 8. The van der Waals surface area contributed by atoms with Crippen LogP contribution >= 0.6 is 15.9 Å². The number of methoxy groups -OCH3 is 2. The predicted octanol–water partition coefficient (Wildman–Crippen LogP) is 5.40. The lowest BCUT2D eigenvalue weighted by Crippen LogP contribution is -2.35. The zero-order chi connectivity index (χ0) is 27.7. The third kappa shape index (κ3) is 5.19. The maximum absolute atomic E-state index is 13.2. The number of hydrogen-bond acceptors (Lipinski definition) is 8. The van der Waals surface area contributed by atoms with Gasteiger partial charge in [0.1, 0.15) is 16.7 Å². The zero-order valence-electron chi connectivity index (χ0n) is 21.2. The molecular weight excluding hydrogens is 573 g/mol. The fourth-order valence-electron chi connectivity index (χ4n) is 3.96. The van der Waals surface area contributed by atoms with E-state index in [1.54, 1.807) is 31.3 Å². The van der Waals surface area contributed by atoms with Gasteiger partial charge < -0.3 is 24.8 Å². The van der Waals surface area contributed by atoms with Crippen LogP contribution in [0.25, 0.3) is 11.0 Å². The number of carbonyl (C=O) groups is 2. The van der Waals surface area contributed by atoms with E-state index in [2.05, 4.69) is 41.5 Å². The second-order valence-electron chi connectivity index (χ2n) is 8.88. The van der Waals surface area contributed by atoms with Crippen molar-refractivity contribution in [2.24, 2.45) is 5.41 Å². The van der Waals surface area contributed by atoms with Crippen LogP contribution in [0.2, 0.25) is 0 Å². The van der Waals surface area contributed by atoms with Crippen LogP contribution in [0.5, 0.6) is 23.3 Å². The maximum atomic E-state index is 13.2. The first-order chi connectivity index (χ1) is 18.7. The Kier molecular flexibility index (Phi) is 7.04. The number of ether oxygens (including phenoxy) is 3. The van der Waals surface area contributed by atoms with Crippen molar-refractivity contribution in [3.63, 3.8) is 0 Å². The smallest absolute Gasteiger partial charge is 0.257 e. The van der Waals surface area contributed by atoms with Gasteiger partial charge in [0.25, 0.3) is 5.88 Å². The molecule has 3 aromatic heterocycles. The van der Waals surface area contributed by atoms with Crippen LogP contribution in [0.1, 0.15) is 18.5 Å². The summed E-state index contributed by atoms with van der Waals surface area (Å²) in [4.78, 5) is 39.3. The Hall–Kier alpha value is -4.32. The van der Waals surface area contributed by atoms with Gasteiger partial charge in [-0.05, 0) is 66.0 Å². The molecule has 0 atom stereocenters. The highest BCUT2D eigenvalue weighted by Gasteiger charge is 2.56. The van der Waals surface area contributed by atoms with Crippen molar-refractivity contribution >= 4 is 50.2 Å². The van der Waals surface area contributed by atoms with Crippen LogP contribution in [0.3, 0.4) is 0 Å². The number of aromatic nitrogens is 3. The quantitative estimate of drug-likeness (QED) is 0.259. The average Bonchev–Trinajstić information content (AvgIpc) is 3.74. The largest absolute Gasteiger partial charge is 0.491 e. The number of carbonyl (C=O) groups excluding carboxylic acids is 2. The van der Waals surface area contributed by atoms with Gasteiger partial charge in [-0.15, -0.1) is 0 Å². The van der Waals surface area contributed by atoms with Crippen molar-refractivity contribution in [1.29, 1.82) is 0 Å². The number of fused-ring (bicyclic) bond motifs is 1. The van der Waals surface area contributed by atoms with Crippen molar-refractivity contribution < 1.29 is 28.2 Å². The molecule has 0 unspecified atom stereocenters. The Labute approximate surface area is 231 Å².